The van der Waals surface area contributed by atoms with Crippen LogP contribution in [0.25, 0.3) is 0 Å². The molecule has 3 aliphatic rings. The van der Waals surface area contributed by atoms with Gasteiger partial charge < -0.3 is 14.8 Å². The SMILES string of the molecule is Cc1nc(C2CCN(C(=O)c3c4c(nn3C)CCCC4)CC2)c2n1CCNC2. The number of hydrogen-bond acceptors (Lipinski definition) is 4. The van der Waals surface area contributed by atoms with Gasteiger partial charge >= 0.3 is 0 Å². The van der Waals surface area contributed by atoms with Crippen molar-refractivity contribution in [2.24, 2.45) is 7.05 Å². The van der Waals surface area contributed by atoms with E-state index in [0.29, 0.717) is 5.92 Å². The number of hydrogen-bond donors (Lipinski definition) is 1. The van der Waals surface area contributed by atoms with Crippen LogP contribution in [0, 0.1) is 6.92 Å². The van der Waals surface area contributed by atoms with Crippen LogP contribution in [0.4, 0.5) is 0 Å². The van der Waals surface area contributed by atoms with Crippen molar-refractivity contribution < 1.29 is 4.79 Å². The summed E-state index contributed by atoms with van der Waals surface area (Å²) in [6.07, 6.45) is 6.35. The van der Waals surface area contributed by atoms with Gasteiger partial charge in [0.2, 0.25) is 0 Å². The van der Waals surface area contributed by atoms with Gasteiger partial charge in [-0.2, -0.15) is 5.10 Å². The predicted molar refractivity (Wildman–Crippen MR) is 106 cm³/mol. The van der Waals surface area contributed by atoms with Crippen LogP contribution in [0.1, 0.15) is 70.6 Å². The summed E-state index contributed by atoms with van der Waals surface area (Å²) in [7, 11) is 1.92. The summed E-state index contributed by atoms with van der Waals surface area (Å²) in [6.45, 7) is 6.67. The minimum Gasteiger partial charge on any atom is -0.337 e. The number of piperidine rings is 1. The maximum atomic E-state index is 13.3. The summed E-state index contributed by atoms with van der Waals surface area (Å²) in [5, 5.41) is 8.11. The van der Waals surface area contributed by atoms with Crippen molar-refractivity contribution in [1.29, 1.82) is 0 Å². The molecule has 1 N–H and O–H groups in total. The Morgan fingerprint density at radius 3 is 2.75 bits per heavy atom. The fourth-order valence-corrected chi connectivity index (χ4v) is 5.29. The summed E-state index contributed by atoms with van der Waals surface area (Å²) >= 11 is 0. The molecular weight excluding hydrogens is 352 g/mol. The molecule has 0 bridgehead atoms. The molecule has 1 fully saturated rings. The molecule has 150 valence electrons. The Morgan fingerprint density at radius 1 is 1.14 bits per heavy atom. The maximum Gasteiger partial charge on any atom is 0.272 e. The van der Waals surface area contributed by atoms with Gasteiger partial charge in [0.1, 0.15) is 11.5 Å². The second kappa shape index (κ2) is 7.03. The monoisotopic (exact) mass is 382 g/mol. The van der Waals surface area contributed by atoms with Crippen molar-refractivity contribution in [3.05, 3.63) is 34.2 Å². The number of imidazole rings is 1. The minimum absolute atomic E-state index is 0.168. The zero-order valence-corrected chi connectivity index (χ0v) is 17.0. The van der Waals surface area contributed by atoms with Crippen LogP contribution in [0.3, 0.4) is 0 Å². The molecule has 2 aromatic rings. The fourth-order valence-electron chi connectivity index (χ4n) is 5.29. The van der Waals surface area contributed by atoms with Gasteiger partial charge in [0.15, 0.2) is 0 Å². The fraction of sp³-hybridized carbons (Fsp3) is 0.667. The van der Waals surface area contributed by atoms with Crippen molar-refractivity contribution in [3.8, 4) is 0 Å². The summed E-state index contributed by atoms with van der Waals surface area (Å²) < 4.78 is 4.19. The van der Waals surface area contributed by atoms with E-state index in [0.717, 1.165) is 75.6 Å². The average Bonchev–Trinajstić information content (AvgIpc) is 3.24. The van der Waals surface area contributed by atoms with Crippen LogP contribution in [-0.4, -0.2) is 49.8 Å². The number of carbonyl (C=O) groups is 1. The van der Waals surface area contributed by atoms with Gasteiger partial charge in [0.05, 0.1) is 17.1 Å². The van der Waals surface area contributed by atoms with E-state index in [1.54, 1.807) is 0 Å². The van der Waals surface area contributed by atoms with Crippen LogP contribution in [-0.2, 0) is 33.0 Å². The number of fused-ring (bicyclic) bond motifs is 2. The van der Waals surface area contributed by atoms with Crippen LogP contribution < -0.4 is 5.32 Å². The van der Waals surface area contributed by atoms with E-state index in [-0.39, 0.29) is 5.91 Å². The highest BCUT2D eigenvalue weighted by Gasteiger charge is 2.32. The molecule has 28 heavy (non-hydrogen) atoms. The summed E-state index contributed by atoms with van der Waals surface area (Å²) in [4.78, 5) is 20.2. The molecule has 0 aromatic carbocycles. The first kappa shape index (κ1) is 17.9. The third kappa shape index (κ3) is 2.87. The Bertz CT molecular complexity index is 903. The average molecular weight is 383 g/mol. The Hall–Kier alpha value is -2.15. The lowest BCUT2D eigenvalue weighted by Gasteiger charge is -2.32. The molecule has 5 rings (SSSR count). The lowest BCUT2D eigenvalue weighted by atomic mass is 9.91. The number of likely N-dealkylation sites (tertiary alicyclic amines) is 1. The third-order valence-corrected chi connectivity index (χ3v) is 6.79. The number of nitrogens with zero attached hydrogens (tertiary/aromatic N) is 5. The number of amides is 1. The molecule has 0 spiro atoms. The van der Waals surface area contributed by atoms with Crippen LogP contribution in [0.2, 0.25) is 0 Å². The van der Waals surface area contributed by atoms with Gasteiger partial charge in [-0.15, -0.1) is 0 Å². The molecule has 0 saturated carbocycles. The van der Waals surface area contributed by atoms with E-state index in [9.17, 15) is 4.79 Å². The van der Waals surface area contributed by atoms with E-state index in [2.05, 4.69) is 21.9 Å². The number of aromatic nitrogens is 4. The van der Waals surface area contributed by atoms with Gasteiger partial charge in [-0.25, -0.2) is 4.98 Å². The topological polar surface area (TPSA) is 68.0 Å². The second-order valence-electron chi connectivity index (χ2n) is 8.49. The summed E-state index contributed by atoms with van der Waals surface area (Å²) in [5.74, 6) is 1.76. The lowest BCUT2D eigenvalue weighted by Crippen LogP contribution is -2.39. The molecule has 1 saturated heterocycles. The highest BCUT2D eigenvalue weighted by atomic mass is 16.2. The molecule has 0 radical (unpaired) electrons. The molecule has 1 amide bonds. The zero-order chi connectivity index (χ0) is 19.3. The molecule has 1 aliphatic carbocycles. The van der Waals surface area contributed by atoms with E-state index in [1.807, 2.05) is 16.6 Å². The third-order valence-electron chi connectivity index (χ3n) is 6.79. The molecule has 0 unspecified atom stereocenters. The van der Waals surface area contributed by atoms with E-state index >= 15 is 0 Å². The highest BCUT2D eigenvalue weighted by Crippen LogP contribution is 2.32. The van der Waals surface area contributed by atoms with Crippen LogP contribution in [0.15, 0.2) is 0 Å². The predicted octanol–water partition coefficient (Wildman–Crippen LogP) is 1.93. The Morgan fingerprint density at radius 2 is 1.93 bits per heavy atom. The molecule has 2 aliphatic heterocycles. The summed E-state index contributed by atoms with van der Waals surface area (Å²) in [5.41, 5.74) is 5.78. The molecular formula is C21H30N6O. The van der Waals surface area contributed by atoms with Gasteiger partial charge in [-0.05, 0) is 45.4 Å². The second-order valence-corrected chi connectivity index (χ2v) is 8.49. The van der Waals surface area contributed by atoms with Gasteiger partial charge in [0.25, 0.3) is 5.91 Å². The lowest BCUT2D eigenvalue weighted by molar-refractivity contribution is 0.0699. The standard InChI is InChI=1S/C21H30N6O/c1-14-23-19(18-13-22-9-12-27(14)18)15-7-10-26(11-8-15)21(28)20-16-5-3-4-6-17(16)24-25(20)2/h15,22H,3-13H2,1-2H3. The highest BCUT2D eigenvalue weighted by molar-refractivity contribution is 5.94. The van der Waals surface area contributed by atoms with Gasteiger partial charge in [0, 0.05) is 51.3 Å². The first-order valence-electron chi connectivity index (χ1n) is 10.7. The van der Waals surface area contributed by atoms with Gasteiger partial charge in [-0.1, -0.05) is 0 Å². The number of rotatable bonds is 2. The first-order valence-corrected chi connectivity index (χ1v) is 10.7. The molecule has 7 heteroatoms. The first-order chi connectivity index (χ1) is 13.6. The van der Waals surface area contributed by atoms with E-state index in [4.69, 9.17) is 4.98 Å². The Balaban J connectivity index is 1.32. The smallest absolute Gasteiger partial charge is 0.272 e. The van der Waals surface area contributed by atoms with E-state index in [1.165, 1.54) is 29.8 Å². The Kier molecular flexibility index (Phi) is 4.50. The molecule has 7 nitrogen and oxygen atoms in total. The number of carbonyl (C=O) groups excluding carboxylic acids is 1. The Labute approximate surface area is 166 Å². The van der Waals surface area contributed by atoms with Crippen molar-refractivity contribution in [2.45, 2.75) is 64.5 Å². The van der Waals surface area contributed by atoms with Crippen LogP contribution >= 0.6 is 0 Å². The maximum absolute atomic E-state index is 13.3. The van der Waals surface area contributed by atoms with E-state index < -0.39 is 0 Å². The molecule has 0 atom stereocenters. The molecule has 2 aromatic heterocycles. The molecule has 4 heterocycles. The van der Waals surface area contributed by atoms with Crippen molar-refractivity contribution in [1.82, 2.24) is 29.5 Å². The number of nitrogens with one attached hydrogen (secondary N) is 1. The van der Waals surface area contributed by atoms with Gasteiger partial charge in [-0.3, -0.25) is 9.48 Å². The largest absolute Gasteiger partial charge is 0.337 e. The van der Waals surface area contributed by atoms with Crippen LogP contribution in [0.5, 0.6) is 0 Å². The summed E-state index contributed by atoms with van der Waals surface area (Å²) in [6, 6.07) is 0. The number of aryl methyl sites for hydroxylation is 3. The van der Waals surface area contributed by atoms with Crippen molar-refractivity contribution in [3.63, 3.8) is 0 Å². The minimum atomic E-state index is 0.168. The van der Waals surface area contributed by atoms with Crippen molar-refractivity contribution >= 4 is 5.91 Å². The quantitative estimate of drug-likeness (QED) is 0.862. The van der Waals surface area contributed by atoms with Crippen molar-refractivity contribution in [2.75, 3.05) is 19.6 Å². The normalized spacial score (nSPS) is 20.1. The zero-order valence-electron chi connectivity index (χ0n) is 17.0.